The van der Waals surface area contributed by atoms with Crippen LogP contribution in [-0.2, 0) is 12.8 Å². The minimum absolute atomic E-state index is 0.250. The van der Waals surface area contributed by atoms with Gasteiger partial charge in [-0.2, -0.15) is 0 Å². The summed E-state index contributed by atoms with van der Waals surface area (Å²) in [5.41, 5.74) is 4.05. The molecule has 1 unspecified atom stereocenters. The lowest BCUT2D eigenvalue weighted by atomic mass is 9.98. The lowest BCUT2D eigenvalue weighted by molar-refractivity contribution is 0.449. The lowest BCUT2D eigenvalue weighted by Gasteiger charge is -2.36. The van der Waals surface area contributed by atoms with Gasteiger partial charge >= 0.3 is 6.01 Å². The molecule has 0 aromatic carbocycles. The molecule has 4 aromatic rings. The zero-order chi connectivity index (χ0) is 19.9. The Hall–Kier alpha value is -3.89. The van der Waals surface area contributed by atoms with Crippen molar-refractivity contribution in [2.45, 2.75) is 24.8 Å². The number of nitrogens with zero attached hydrogens (tertiary/aromatic N) is 8. The maximum atomic E-state index is 5.81. The largest absolute Gasteiger partial charge is 0.403 e. The first kappa shape index (κ1) is 17.0. The Morgan fingerprint density at radius 3 is 2.77 bits per heavy atom. The molecule has 0 bridgehead atoms. The highest BCUT2D eigenvalue weighted by molar-refractivity contribution is 5.52. The fourth-order valence-electron chi connectivity index (χ4n) is 3.90. The monoisotopic (exact) mass is 402 g/mol. The molecular weight excluding hydrogens is 384 g/mol. The Morgan fingerprint density at radius 2 is 1.97 bits per heavy atom. The van der Waals surface area contributed by atoms with Crippen molar-refractivity contribution in [3.8, 4) is 11.5 Å². The number of fused-ring (bicyclic) bond motifs is 1. The van der Waals surface area contributed by atoms with Crippen LogP contribution in [0, 0.1) is 0 Å². The summed E-state index contributed by atoms with van der Waals surface area (Å²) in [5, 5.41) is 22.2. The molecule has 5 heterocycles. The van der Waals surface area contributed by atoms with Gasteiger partial charge < -0.3 is 14.6 Å². The van der Waals surface area contributed by atoms with E-state index in [1.807, 2.05) is 23.4 Å². The smallest absolute Gasteiger partial charge is 0.318 e. The summed E-state index contributed by atoms with van der Waals surface area (Å²) in [6.45, 7) is 1.54. The quantitative estimate of drug-likeness (QED) is 0.502. The van der Waals surface area contributed by atoms with Gasteiger partial charge in [0, 0.05) is 62.0 Å². The van der Waals surface area contributed by atoms with Gasteiger partial charge in [0.1, 0.15) is 0 Å². The number of H-pyrrole nitrogens is 1. The predicted molar refractivity (Wildman–Crippen MR) is 106 cm³/mol. The molecule has 11 heteroatoms. The fourth-order valence-corrected chi connectivity index (χ4v) is 3.90. The van der Waals surface area contributed by atoms with Crippen LogP contribution in [0.3, 0.4) is 0 Å². The van der Waals surface area contributed by atoms with Crippen LogP contribution in [0.1, 0.15) is 22.9 Å². The van der Waals surface area contributed by atoms with Gasteiger partial charge in [0.15, 0.2) is 0 Å². The molecule has 150 valence electrons. The average Bonchev–Trinajstić information content (AvgIpc) is 3.48. The van der Waals surface area contributed by atoms with Crippen LogP contribution >= 0.6 is 0 Å². The van der Waals surface area contributed by atoms with Crippen molar-refractivity contribution in [3.05, 3.63) is 53.9 Å². The highest BCUT2D eigenvalue weighted by atomic mass is 16.4. The van der Waals surface area contributed by atoms with Crippen molar-refractivity contribution in [1.82, 2.24) is 40.6 Å². The summed E-state index contributed by atoms with van der Waals surface area (Å²) < 4.78 is 5.81. The molecule has 1 aliphatic heterocycles. The van der Waals surface area contributed by atoms with Gasteiger partial charge in [-0.1, -0.05) is 16.4 Å². The zero-order valence-electron chi connectivity index (χ0n) is 15.9. The van der Waals surface area contributed by atoms with Crippen LogP contribution in [-0.4, -0.2) is 59.7 Å². The first-order valence-corrected chi connectivity index (χ1v) is 9.78. The number of anilines is 2. The van der Waals surface area contributed by atoms with Crippen molar-refractivity contribution in [3.63, 3.8) is 0 Å². The van der Waals surface area contributed by atoms with Crippen molar-refractivity contribution >= 4 is 12.0 Å². The maximum absolute atomic E-state index is 5.81. The van der Waals surface area contributed by atoms with Crippen molar-refractivity contribution in [2.24, 2.45) is 0 Å². The molecule has 2 aliphatic rings. The number of rotatable bonds is 5. The van der Waals surface area contributed by atoms with E-state index in [0.29, 0.717) is 29.3 Å². The topological polar surface area (TPSA) is 134 Å². The number of hydrogen-bond donors (Lipinski definition) is 2. The second kappa shape index (κ2) is 6.87. The van der Waals surface area contributed by atoms with Gasteiger partial charge in [-0.3, -0.25) is 10.1 Å². The van der Waals surface area contributed by atoms with E-state index in [2.05, 4.69) is 51.9 Å². The second-order valence-electron chi connectivity index (χ2n) is 7.54. The van der Waals surface area contributed by atoms with E-state index in [-0.39, 0.29) is 6.04 Å². The zero-order valence-corrected chi connectivity index (χ0v) is 15.9. The fraction of sp³-hybridized carbons (Fsp3) is 0.316. The van der Waals surface area contributed by atoms with E-state index in [1.165, 1.54) is 5.56 Å². The third-order valence-electron chi connectivity index (χ3n) is 5.54. The molecule has 1 aliphatic carbocycles. The molecule has 1 saturated heterocycles. The van der Waals surface area contributed by atoms with Crippen LogP contribution in [0.15, 0.2) is 41.3 Å². The van der Waals surface area contributed by atoms with Crippen molar-refractivity contribution in [2.75, 3.05) is 23.3 Å². The molecule has 0 amide bonds. The van der Waals surface area contributed by atoms with E-state index < -0.39 is 0 Å². The number of aromatic nitrogens is 8. The van der Waals surface area contributed by atoms with Crippen LogP contribution in [0.25, 0.3) is 11.5 Å². The minimum Gasteiger partial charge on any atom is -0.403 e. The summed E-state index contributed by atoms with van der Waals surface area (Å²) in [5.74, 6) is 1.30. The van der Waals surface area contributed by atoms with E-state index in [9.17, 15) is 0 Å². The normalized spacial score (nSPS) is 18.3. The first-order chi connectivity index (χ1) is 14.8. The Balaban J connectivity index is 1.09. The van der Waals surface area contributed by atoms with E-state index in [4.69, 9.17) is 4.42 Å². The molecular formula is C19H18N10O. The van der Waals surface area contributed by atoms with Crippen LogP contribution in [0.5, 0.6) is 0 Å². The number of nitrogens with one attached hydrogen (secondary N) is 2. The summed E-state index contributed by atoms with van der Waals surface area (Å²) in [6.07, 6.45) is 8.84. The van der Waals surface area contributed by atoms with Gasteiger partial charge in [-0.15, -0.1) is 10.2 Å². The van der Waals surface area contributed by atoms with Crippen molar-refractivity contribution in [1.29, 1.82) is 0 Å². The standard InChI is InChI=1S/C19H18N10O/c1-2-11-4-14(5-15(11)20-3-1)24-18-21-6-12(7-22-18)17-26-27-19(30-17)29-9-13(10-29)16-8-23-28-25-16/h1-3,6-8,13-14H,4-5,9-10H2,(H,21,22,24)(H,23,25,28). The Bertz CT molecular complexity index is 1130. The highest BCUT2D eigenvalue weighted by Crippen LogP contribution is 2.31. The predicted octanol–water partition coefficient (Wildman–Crippen LogP) is 1.22. The molecule has 1 fully saturated rings. The molecule has 0 spiro atoms. The molecule has 30 heavy (non-hydrogen) atoms. The van der Waals surface area contributed by atoms with E-state index >= 15 is 0 Å². The number of hydrogen-bond acceptors (Lipinski definition) is 10. The summed E-state index contributed by atoms with van der Waals surface area (Å²) in [7, 11) is 0. The second-order valence-corrected chi connectivity index (χ2v) is 7.54. The molecule has 0 radical (unpaired) electrons. The molecule has 0 saturated carbocycles. The van der Waals surface area contributed by atoms with Gasteiger partial charge in [0.05, 0.1) is 11.3 Å². The molecule has 6 rings (SSSR count). The molecule has 4 aromatic heterocycles. The summed E-state index contributed by atoms with van der Waals surface area (Å²) in [4.78, 5) is 15.3. The van der Waals surface area contributed by atoms with Crippen molar-refractivity contribution < 1.29 is 4.42 Å². The summed E-state index contributed by atoms with van der Waals surface area (Å²) >= 11 is 0. The van der Waals surface area contributed by atoms with Crippen LogP contribution < -0.4 is 10.2 Å². The van der Waals surface area contributed by atoms with Gasteiger partial charge in [-0.05, 0) is 18.1 Å². The lowest BCUT2D eigenvalue weighted by Crippen LogP contribution is -2.45. The van der Waals surface area contributed by atoms with Crippen LogP contribution in [0.4, 0.5) is 12.0 Å². The highest BCUT2D eigenvalue weighted by Gasteiger charge is 2.33. The maximum Gasteiger partial charge on any atom is 0.318 e. The number of aromatic amines is 1. The van der Waals surface area contributed by atoms with Crippen LogP contribution in [0.2, 0.25) is 0 Å². The summed E-state index contributed by atoms with van der Waals surface area (Å²) in [6, 6.07) is 4.83. The van der Waals surface area contributed by atoms with Gasteiger partial charge in [0.25, 0.3) is 5.89 Å². The Kier molecular flexibility index (Phi) is 3.89. The third-order valence-corrected chi connectivity index (χ3v) is 5.54. The SMILES string of the molecule is c1cnc2c(c1)CC(Nc1ncc(-c3nnc(N4CC(c5c[nH]nn5)C4)o3)cn1)C2. The average molecular weight is 402 g/mol. The minimum atomic E-state index is 0.250. The molecule has 1 atom stereocenters. The first-order valence-electron chi connectivity index (χ1n) is 9.78. The number of pyridine rings is 1. The van der Waals surface area contributed by atoms with E-state index in [0.717, 1.165) is 37.3 Å². The third kappa shape index (κ3) is 3.04. The van der Waals surface area contributed by atoms with Gasteiger partial charge in [0.2, 0.25) is 5.95 Å². The van der Waals surface area contributed by atoms with Gasteiger partial charge in [-0.25, -0.2) is 9.97 Å². The Morgan fingerprint density at radius 1 is 1.07 bits per heavy atom. The molecule has 11 nitrogen and oxygen atoms in total. The van der Waals surface area contributed by atoms with E-state index in [1.54, 1.807) is 12.4 Å². The molecule has 2 N–H and O–H groups in total. The Labute approximate surface area is 171 Å².